The van der Waals surface area contributed by atoms with Crippen LogP contribution in [0.5, 0.6) is 11.5 Å². The second-order valence-electron chi connectivity index (χ2n) is 6.46. The van der Waals surface area contributed by atoms with E-state index < -0.39 is 0 Å². The van der Waals surface area contributed by atoms with Crippen molar-refractivity contribution in [1.29, 1.82) is 0 Å². The second-order valence-corrected chi connectivity index (χ2v) is 7.77. The van der Waals surface area contributed by atoms with Gasteiger partial charge in [0.1, 0.15) is 11.5 Å². The van der Waals surface area contributed by atoms with Gasteiger partial charge >= 0.3 is 0 Å². The first-order chi connectivity index (χ1) is 14.1. The number of anilines is 1. The molecule has 0 radical (unpaired) electrons. The Morgan fingerprint density at radius 2 is 1.55 bits per heavy atom. The molecular formula is C23H23BrN2O2S. The molecule has 0 spiro atoms. The molecule has 0 saturated heterocycles. The van der Waals surface area contributed by atoms with Crippen molar-refractivity contribution in [2.45, 2.75) is 13.1 Å². The number of thiocarbonyl (C=S) groups is 1. The molecular weight excluding hydrogens is 448 g/mol. The predicted octanol–water partition coefficient (Wildman–Crippen LogP) is 5.87. The number of hydrogen-bond donors (Lipinski definition) is 1. The summed E-state index contributed by atoms with van der Waals surface area (Å²) in [4.78, 5) is 2.13. The molecule has 0 heterocycles. The van der Waals surface area contributed by atoms with Crippen molar-refractivity contribution in [3.8, 4) is 11.5 Å². The molecule has 0 amide bonds. The fourth-order valence-electron chi connectivity index (χ4n) is 2.92. The number of hydrogen-bond acceptors (Lipinski definition) is 3. The Hall–Kier alpha value is -2.57. The summed E-state index contributed by atoms with van der Waals surface area (Å²) in [6.45, 7) is 1.37. The molecule has 0 atom stereocenters. The van der Waals surface area contributed by atoms with Crippen LogP contribution in [0.4, 0.5) is 5.69 Å². The first-order valence-corrected chi connectivity index (χ1v) is 10.4. The minimum absolute atomic E-state index is 0.614. The summed E-state index contributed by atoms with van der Waals surface area (Å²) in [5.41, 5.74) is 3.13. The molecule has 0 bridgehead atoms. The van der Waals surface area contributed by atoms with Crippen LogP contribution in [0.3, 0.4) is 0 Å². The highest BCUT2D eigenvalue weighted by molar-refractivity contribution is 9.10. The van der Waals surface area contributed by atoms with Gasteiger partial charge in [-0.25, -0.2) is 0 Å². The zero-order valence-corrected chi connectivity index (χ0v) is 18.8. The number of benzene rings is 3. The van der Waals surface area contributed by atoms with Crippen molar-refractivity contribution in [3.05, 3.63) is 88.4 Å². The molecule has 0 fully saturated rings. The minimum atomic E-state index is 0.614. The Kier molecular flexibility index (Phi) is 7.49. The molecule has 3 aromatic carbocycles. The lowest BCUT2D eigenvalue weighted by atomic mass is 10.2. The maximum Gasteiger partial charge on any atom is 0.174 e. The van der Waals surface area contributed by atoms with Crippen molar-refractivity contribution in [1.82, 2.24) is 4.90 Å². The molecule has 3 rings (SSSR count). The quantitative estimate of drug-likeness (QED) is 0.437. The summed E-state index contributed by atoms with van der Waals surface area (Å²) < 4.78 is 11.9. The van der Waals surface area contributed by atoms with Gasteiger partial charge in [0.05, 0.1) is 19.9 Å². The van der Waals surface area contributed by atoms with Crippen LogP contribution in [-0.2, 0) is 13.1 Å². The zero-order valence-electron chi connectivity index (χ0n) is 16.4. The number of ether oxygens (including phenoxy) is 2. The Morgan fingerprint density at radius 3 is 2.17 bits per heavy atom. The van der Waals surface area contributed by atoms with E-state index in [9.17, 15) is 0 Å². The van der Waals surface area contributed by atoms with Gasteiger partial charge in [-0.3, -0.25) is 0 Å². The van der Waals surface area contributed by atoms with E-state index in [1.807, 2.05) is 48.5 Å². The number of rotatable bonds is 7. The van der Waals surface area contributed by atoms with Crippen LogP contribution in [-0.4, -0.2) is 24.2 Å². The highest BCUT2D eigenvalue weighted by atomic mass is 79.9. The third-order valence-electron chi connectivity index (χ3n) is 4.44. The van der Waals surface area contributed by atoms with Crippen LogP contribution in [0.2, 0.25) is 0 Å². The van der Waals surface area contributed by atoms with E-state index in [1.165, 1.54) is 11.1 Å². The maximum atomic E-state index is 5.78. The van der Waals surface area contributed by atoms with Crippen LogP contribution in [0.15, 0.2) is 77.3 Å². The van der Waals surface area contributed by atoms with Gasteiger partial charge in [0, 0.05) is 23.6 Å². The van der Waals surface area contributed by atoms with Gasteiger partial charge in [0.15, 0.2) is 5.11 Å². The highest BCUT2D eigenvalue weighted by Gasteiger charge is 2.14. The second kappa shape index (κ2) is 10.3. The molecule has 0 unspecified atom stereocenters. The summed E-state index contributed by atoms with van der Waals surface area (Å²) in [6.07, 6.45) is 0. The Labute approximate surface area is 185 Å². The summed E-state index contributed by atoms with van der Waals surface area (Å²) in [7, 11) is 3.28. The van der Waals surface area contributed by atoms with E-state index in [4.69, 9.17) is 21.7 Å². The van der Waals surface area contributed by atoms with Crippen molar-refractivity contribution in [3.63, 3.8) is 0 Å². The fraction of sp³-hybridized carbons (Fsp3) is 0.174. The lowest BCUT2D eigenvalue weighted by molar-refractivity contribution is 0.402. The van der Waals surface area contributed by atoms with Crippen LogP contribution in [0, 0.1) is 0 Å². The standard InChI is InChI=1S/C23H23BrN2O2S/c1-27-20-12-13-22(28-2)21(14-20)25-23(29)26(15-17-6-4-3-5-7-17)16-18-8-10-19(24)11-9-18/h3-14H,15-16H2,1-2H3,(H,25,29). The van der Waals surface area contributed by atoms with E-state index in [1.54, 1.807) is 14.2 Å². The van der Waals surface area contributed by atoms with Crippen LogP contribution in [0.1, 0.15) is 11.1 Å². The summed E-state index contributed by atoms with van der Waals surface area (Å²) in [6, 6.07) is 24.2. The van der Waals surface area contributed by atoms with Crippen molar-refractivity contribution in [2.24, 2.45) is 0 Å². The minimum Gasteiger partial charge on any atom is -0.497 e. The van der Waals surface area contributed by atoms with Crippen molar-refractivity contribution < 1.29 is 9.47 Å². The lowest BCUT2D eigenvalue weighted by Crippen LogP contribution is -2.34. The molecule has 29 heavy (non-hydrogen) atoms. The van der Waals surface area contributed by atoms with Gasteiger partial charge < -0.3 is 19.7 Å². The molecule has 0 saturated carbocycles. The molecule has 0 aliphatic carbocycles. The molecule has 150 valence electrons. The first kappa shape index (κ1) is 21.1. The number of halogens is 1. The van der Waals surface area contributed by atoms with Crippen LogP contribution < -0.4 is 14.8 Å². The average molecular weight is 471 g/mol. The van der Waals surface area contributed by atoms with E-state index in [2.05, 4.69) is 50.4 Å². The maximum absolute atomic E-state index is 5.78. The number of nitrogens with one attached hydrogen (secondary N) is 1. The number of methoxy groups -OCH3 is 2. The SMILES string of the molecule is COc1ccc(OC)c(NC(=S)N(Cc2ccccc2)Cc2ccc(Br)cc2)c1. The molecule has 3 aromatic rings. The Morgan fingerprint density at radius 1 is 0.897 bits per heavy atom. The normalized spacial score (nSPS) is 10.3. The molecule has 1 N–H and O–H groups in total. The third-order valence-corrected chi connectivity index (χ3v) is 5.33. The smallest absolute Gasteiger partial charge is 0.174 e. The average Bonchev–Trinajstić information content (AvgIpc) is 2.75. The lowest BCUT2D eigenvalue weighted by Gasteiger charge is -2.27. The van der Waals surface area contributed by atoms with Gasteiger partial charge in [-0.1, -0.05) is 58.4 Å². The monoisotopic (exact) mass is 470 g/mol. The van der Waals surface area contributed by atoms with E-state index >= 15 is 0 Å². The molecule has 4 nitrogen and oxygen atoms in total. The van der Waals surface area contributed by atoms with E-state index in [-0.39, 0.29) is 0 Å². The highest BCUT2D eigenvalue weighted by Crippen LogP contribution is 2.29. The van der Waals surface area contributed by atoms with Crippen LogP contribution in [0.25, 0.3) is 0 Å². The largest absolute Gasteiger partial charge is 0.497 e. The van der Waals surface area contributed by atoms with Gasteiger partial charge in [-0.2, -0.15) is 0 Å². The van der Waals surface area contributed by atoms with E-state index in [0.717, 1.165) is 15.9 Å². The Bertz CT molecular complexity index is 949. The first-order valence-electron chi connectivity index (χ1n) is 9.15. The molecule has 0 aromatic heterocycles. The fourth-order valence-corrected chi connectivity index (χ4v) is 3.42. The summed E-state index contributed by atoms with van der Waals surface area (Å²) in [5.74, 6) is 1.44. The Balaban J connectivity index is 1.84. The molecule has 0 aliphatic rings. The topological polar surface area (TPSA) is 33.7 Å². The summed E-state index contributed by atoms with van der Waals surface area (Å²) in [5, 5.41) is 3.95. The number of nitrogens with zero attached hydrogens (tertiary/aromatic N) is 1. The molecule has 6 heteroatoms. The zero-order chi connectivity index (χ0) is 20.6. The van der Waals surface area contributed by atoms with Gasteiger partial charge in [-0.05, 0) is 47.6 Å². The van der Waals surface area contributed by atoms with Gasteiger partial charge in [0.25, 0.3) is 0 Å². The van der Waals surface area contributed by atoms with Crippen molar-refractivity contribution >= 4 is 38.9 Å². The summed E-state index contributed by atoms with van der Waals surface area (Å²) >= 11 is 9.27. The van der Waals surface area contributed by atoms with Gasteiger partial charge in [-0.15, -0.1) is 0 Å². The molecule has 0 aliphatic heterocycles. The van der Waals surface area contributed by atoms with Crippen LogP contribution >= 0.6 is 28.1 Å². The van der Waals surface area contributed by atoms with Gasteiger partial charge in [0.2, 0.25) is 0 Å². The van der Waals surface area contributed by atoms with Crippen molar-refractivity contribution in [2.75, 3.05) is 19.5 Å². The van der Waals surface area contributed by atoms with E-state index in [0.29, 0.717) is 24.0 Å². The predicted molar refractivity (Wildman–Crippen MR) is 126 cm³/mol. The third kappa shape index (κ3) is 5.95.